The van der Waals surface area contributed by atoms with Crippen molar-refractivity contribution in [1.82, 2.24) is 5.32 Å². The summed E-state index contributed by atoms with van der Waals surface area (Å²) in [6.45, 7) is 4.64. The number of hydrogen-bond donors (Lipinski definition) is 2. The Morgan fingerprint density at radius 1 is 0.507 bits per heavy atom. The molecule has 3 unspecified atom stereocenters. The number of carbonyl (C=O) groups is 1. The van der Waals surface area contributed by atoms with E-state index in [1.807, 2.05) is 21.1 Å². The zero-order valence-corrected chi connectivity index (χ0v) is 48.3. The third-order valence-corrected chi connectivity index (χ3v) is 14.5. The van der Waals surface area contributed by atoms with E-state index in [1.54, 1.807) is 0 Å². The monoisotopic (exact) mass is 1020 g/mol. The molecule has 2 N–H and O–H groups in total. The molecule has 1 amide bonds. The molecule has 0 heterocycles. The second-order valence-electron chi connectivity index (χ2n) is 21.7. The molecule has 0 rings (SSSR count). The summed E-state index contributed by atoms with van der Waals surface area (Å²) in [7, 11) is 1.31. The van der Waals surface area contributed by atoms with E-state index in [9.17, 15) is 19.4 Å². The molecular formula is C62H117N2O6P. The van der Waals surface area contributed by atoms with Gasteiger partial charge in [-0.3, -0.25) is 9.36 Å². The highest BCUT2D eigenvalue weighted by atomic mass is 31.2. The van der Waals surface area contributed by atoms with Crippen molar-refractivity contribution in [3.63, 3.8) is 0 Å². The van der Waals surface area contributed by atoms with Crippen molar-refractivity contribution in [2.24, 2.45) is 0 Å². The van der Waals surface area contributed by atoms with E-state index in [-0.39, 0.29) is 19.1 Å². The number of amides is 1. The minimum absolute atomic E-state index is 0.0111. The van der Waals surface area contributed by atoms with Crippen molar-refractivity contribution in [2.75, 3.05) is 40.9 Å². The van der Waals surface area contributed by atoms with Crippen LogP contribution in [0.1, 0.15) is 277 Å². The van der Waals surface area contributed by atoms with Crippen LogP contribution in [0, 0.1) is 0 Å². The van der Waals surface area contributed by atoms with Crippen LogP contribution in [-0.4, -0.2) is 68.5 Å². The van der Waals surface area contributed by atoms with Crippen LogP contribution in [0.15, 0.2) is 60.8 Å². The first-order valence-electron chi connectivity index (χ1n) is 30.1. The molecule has 0 fully saturated rings. The summed E-state index contributed by atoms with van der Waals surface area (Å²) in [5, 5.41) is 14.0. The first-order chi connectivity index (χ1) is 34.5. The lowest BCUT2D eigenvalue weighted by Crippen LogP contribution is -2.46. The molecule has 0 aromatic rings. The van der Waals surface area contributed by atoms with Crippen LogP contribution in [0.5, 0.6) is 0 Å². The molecule has 0 bridgehead atoms. The predicted molar refractivity (Wildman–Crippen MR) is 307 cm³/mol. The highest BCUT2D eigenvalue weighted by molar-refractivity contribution is 7.45. The van der Waals surface area contributed by atoms with Crippen LogP contribution in [0.25, 0.3) is 0 Å². The van der Waals surface area contributed by atoms with Gasteiger partial charge in [0.2, 0.25) is 5.91 Å². The van der Waals surface area contributed by atoms with Gasteiger partial charge in [0.05, 0.1) is 39.9 Å². The Morgan fingerprint density at radius 3 is 1.25 bits per heavy atom. The van der Waals surface area contributed by atoms with E-state index < -0.39 is 20.0 Å². The van der Waals surface area contributed by atoms with Crippen molar-refractivity contribution < 1.29 is 32.9 Å². The normalized spacial score (nSPS) is 14.3. The molecule has 8 nitrogen and oxygen atoms in total. The predicted octanol–water partition coefficient (Wildman–Crippen LogP) is 17.9. The minimum Gasteiger partial charge on any atom is -0.756 e. The summed E-state index contributed by atoms with van der Waals surface area (Å²) < 4.78 is 23.5. The maximum Gasteiger partial charge on any atom is 0.268 e. The van der Waals surface area contributed by atoms with Crippen LogP contribution < -0.4 is 10.2 Å². The van der Waals surface area contributed by atoms with Gasteiger partial charge in [-0.15, -0.1) is 0 Å². The summed E-state index contributed by atoms with van der Waals surface area (Å²) in [5.74, 6) is -0.165. The van der Waals surface area contributed by atoms with Crippen molar-refractivity contribution in [1.29, 1.82) is 0 Å². The second kappa shape index (κ2) is 53.0. The lowest BCUT2D eigenvalue weighted by molar-refractivity contribution is -0.870. The van der Waals surface area contributed by atoms with Gasteiger partial charge in [-0.25, -0.2) is 0 Å². The van der Waals surface area contributed by atoms with E-state index in [2.05, 4.69) is 79.9 Å². The van der Waals surface area contributed by atoms with Crippen molar-refractivity contribution in [3.8, 4) is 0 Å². The van der Waals surface area contributed by atoms with Crippen LogP contribution in [0.4, 0.5) is 0 Å². The number of quaternary nitrogens is 1. The fraction of sp³-hybridized carbons (Fsp3) is 0.823. The number of likely N-dealkylation sites (N-methyl/N-ethyl adjacent to an activating group) is 1. The van der Waals surface area contributed by atoms with E-state index in [0.29, 0.717) is 23.9 Å². The molecule has 0 radical (unpaired) electrons. The summed E-state index contributed by atoms with van der Waals surface area (Å²) in [6.07, 6.45) is 71.1. The van der Waals surface area contributed by atoms with E-state index in [1.165, 1.54) is 180 Å². The molecule has 0 aliphatic carbocycles. The minimum atomic E-state index is -4.58. The van der Waals surface area contributed by atoms with E-state index in [0.717, 1.165) is 70.6 Å². The Labute approximate surface area is 441 Å². The number of allylic oxidation sites excluding steroid dienone is 10. The molecule has 0 aromatic heterocycles. The van der Waals surface area contributed by atoms with Gasteiger partial charge in [0, 0.05) is 6.42 Å². The number of aliphatic hydroxyl groups excluding tert-OH is 1. The average Bonchev–Trinajstić information content (AvgIpc) is 3.33. The summed E-state index contributed by atoms with van der Waals surface area (Å²) in [4.78, 5) is 25.6. The Hall–Kier alpha value is -1.80. The van der Waals surface area contributed by atoms with Crippen molar-refractivity contribution in [2.45, 2.75) is 289 Å². The molecule has 0 saturated carbocycles. The number of nitrogens with one attached hydrogen (secondary N) is 1. The first-order valence-corrected chi connectivity index (χ1v) is 31.6. The lowest BCUT2D eigenvalue weighted by atomic mass is 10.0. The molecule has 3 atom stereocenters. The van der Waals surface area contributed by atoms with Gasteiger partial charge < -0.3 is 28.8 Å². The first kappa shape index (κ1) is 69.2. The van der Waals surface area contributed by atoms with Gasteiger partial charge in [0.1, 0.15) is 13.2 Å². The van der Waals surface area contributed by atoms with Gasteiger partial charge in [0.15, 0.2) is 0 Å². The Bertz CT molecular complexity index is 1340. The molecule has 0 spiro atoms. The summed E-state index contributed by atoms with van der Waals surface area (Å²) >= 11 is 0. The van der Waals surface area contributed by atoms with Crippen molar-refractivity contribution >= 4 is 13.7 Å². The lowest BCUT2D eigenvalue weighted by Gasteiger charge is -2.30. The van der Waals surface area contributed by atoms with Crippen molar-refractivity contribution in [3.05, 3.63) is 60.8 Å². The molecular weight excluding hydrogens is 900 g/mol. The van der Waals surface area contributed by atoms with Crippen LogP contribution in [0.2, 0.25) is 0 Å². The molecule has 0 aliphatic rings. The van der Waals surface area contributed by atoms with Crippen LogP contribution in [-0.2, 0) is 18.4 Å². The SMILES string of the molecule is CC/C=C\C/C=C\C/C=C\C/C=C\C/C=C\CCCCCCCCCCCCCCCC(=O)NC(COP(=O)([O-])OCC[N+](C)(C)C)C(O)CCCCCCCCCCCCCCCCCCCCCC. The topological polar surface area (TPSA) is 108 Å². The molecule has 9 heteroatoms. The number of rotatable bonds is 55. The van der Waals surface area contributed by atoms with Gasteiger partial charge in [-0.05, 0) is 57.8 Å². The van der Waals surface area contributed by atoms with Gasteiger partial charge in [-0.2, -0.15) is 0 Å². The zero-order chi connectivity index (χ0) is 52.0. The molecule has 0 aromatic carbocycles. The fourth-order valence-corrected chi connectivity index (χ4v) is 9.56. The average molecular weight is 1020 g/mol. The molecule has 0 saturated heterocycles. The summed E-state index contributed by atoms with van der Waals surface area (Å²) in [5.41, 5.74) is 0. The van der Waals surface area contributed by atoms with Crippen LogP contribution in [0.3, 0.4) is 0 Å². The highest BCUT2D eigenvalue weighted by Gasteiger charge is 2.24. The largest absolute Gasteiger partial charge is 0.756 e. The van der Waals surface area contributed by atoms with Gasteiger partial charge in [-0.1, -0.05) is 274 Å². The molecule has 0 aliphatic heterocycles. The maximum atomic E-state index is 13.0. The number of phosphoric ester groups is 1. The standard InChI is InChI=1S/C62H117N2O6P/c1-6-8-10-12-14-16-18-20-22-24-26-28-29-30-31-32-33-34-35-36-38-40-42-44-46-48-50-52-54-56-62(66)63-60(59-70-71(67,68)69-58-57-64(3,4)5)61(65)55-53-51-49-47-45-43-41-39-37-27-25-23-21-19-17-15-13-11-9-7-2/h8,10,14,16,20,22,26,28,30-31,60-61,65H,6-7,9,11-13,15,17-19,21,23-25,27,29,32-59H2,1-5H3,(H-,63,66,67,68)/b10-8-,16-14-,22-20-,28-26-,31-30-. The Balaban J connectivity index is 4.12. The highest BCUT2D eigenvalue weighted by Crippen LogP contribution is 2.38. The van der Waals surface area contributed by atoms with Gasteiger partial charge in [0.25, 0.3) is 7.82 Å². The van der Waals surface area contributed by atoms with E-state index >= 15 is 0 Å². The maximum absolute atomic E-state index is 13.0. The number of hydrogen-bond acceptors (Lipinski definition) is 6. The third-order valence-electron chi connectivity index (χ3n) is 13.5. The number of carbonyl (C=O) groups excluding carboxylic acids is 1. The number of aliphatic hydroxyl groups is 1. The van der Waals surface area contributed by atoms with Gasteiger partial charge >= 0.3 is 0 Å². The van der Waals surface area contributed by atoms with E-state index in [4.69, 9.17) is 9.05 Å². The Kier molecular flexibility index (Phi) is 51.7. The molecule has 416 valence electrons. The third kappa shape index (κ3) is 55.8. The second-order valence-corrected chi connectivity index (χ2v) is 23.1. The fourth-order valence-electron chi connectivity index (χ4n) is 8.83. The van der Waals surface area contributed by atoms with Crippen LogP contribution >= 0.6 is 7.82 Å². The number of nitrogens with zero attached hydrogens (tertiary/aromatic N) is 1. The molecule has 71 heavy (non-hydrogen) atoms. The zero-order valence-electron chi connectivity index (χ0n) is 47.4. The quantitative estimate of drug-likeness (QED) is 0.0272. The Morgan fingerprint density at radius 2 is 0.859 bits per heavy atom. The smallest absolute Gasteiger partial charge is 0.268 e. The number of phosphoric acid groups is 1. The number of unbranched alkanes of at least 4 members (excludes halogenated alkanes) is 32. The summed E-state index contributed by atoms with van der Waals surface area (Å²) in [6, 6.07) is -0.804.